The third-order valence-corrected chi connectivity index (χ3v) is 4.11. The zero-order valence-electron chi connectivity index (χ0n) is 17.2. The van der Waals surface area contributed by atoms with Gasteiger partial charge in [0.15, 0.2) is 0 Å². The normalized spacial score (nSPS) is 10.5. The van der Waals surface area contributed by atoms with Gasteiger partial charge < -0.3 is 18.9 Å². The zero-order chi connectivity index (χ0) is 21.4. The molecule has 0 aromatic carbocycles. The number of hydrogen-bond acceptors (Lipinski definition) is 7. The third kappa shape index (κ3) is 5.04. The summed E-state index contributed by atoms with van der Waals surface area (Å²) < 4.78 is 21.0. The van der Waals surface area contributed by atoms with Gasteiger partial charge in [-0.3, -0.25) is 4.79 Å². The SMILES string of the molecule is CCOC(=O)Cc1ccc2c(C(=O)OCC)c(OCC)c(C(=O)OCC)c-2cc1. The van der Waals surface area contributed by atoms with E-state index in [1.807, 2.05) is 0 Å². The Hall–Kier alpha value is -3.09. The van der Waals surface area contributed by atoms with Crippen molar-refractivity contribution >= 4 is 17.9 Å². The van der Waals surface area contributed by atoms with Crippen LogP contribution in [0.3, 0.4) is 0 Å². The van der Waals surface area contributed by atoms with E-state index in [0.717, 1.165) is 0 Å². The standard InChI is InChI=1S/C22H26O7/c1-5-26-17(23)13-14-9-11-15-16(12-10-14)19(22(25)29-8-4)20(27-6-2)18(15)21(24)28-7-3/h9-12H,5-8,13H2,1-4H3. The quantitative estimate of drug-likeness (QED) is 0.467. The molecule has 0 bridgehead atoms. The molecule has 2 aliphatic rings. The molecule has 0 radical (unpaired) electrons. The van der Waals surface area contributed by atoms with E-state index in [1.165, 1.54) is 0 Å². The summed E-state index contributed by atoms with van der Waals surface area (Å²) >= 11 is 0. The molecular weight excluding hydrogens is 376 g/mol. The number of hydrogen-bond donors (Lipinski definition) is 0. The minimum Gasteiger partial charge on any atom is -0.492 e. The summed E-state index contributed by atoms with van der Waals surface area (Å²) in [6.45, 7) is 7.82. The molecule has 0 fully saturated rings. The van der Waals surface area contributed by atoms with Crippen molar-refractivity contribution in [3.05, 3.63) is 41.0 Å². The van der Waals surface area contributed by atoms with Crippen molar-refractivity contribution < 1.29 is 33.3 Å². The number of esters is 3. The molecule has 0 N–H and O–H groups in total. The Kier molecular flexibility index (Phi) is 8.00. The van der Waals surface area contributed by atoms with Gasteiger partial charge >= 0.3 is 17.9 Å². The van der Waals surface area contributed by atoms with Crippen LogP contribution in [0.5, 0.6) is 5.75 Å². The Morgan fingerprint density at radius 2 is 1.17 bits per heavy atom. The summed E-state index contributed by atoms with van der Waals surface area (Å²) in [6.07, 6.45) is 0.0763. The molecule has 0 aromatic rings. The highest BCUT2D eigenvalue weighted by Crippen LogP contribution is 2.43. The van der Waals surface area contributed by atoms with E-state index >= 15 is 0 Å². The highest BCUT2D eigenvalue weighted by Gasteiger charge is 2.33. The molecule has 0 heterocycles. The Morgan fingerprint density at radius 1 is 0.690 bits per heavy atom. The molecule has 0 saturated carbocycles. The average Bonchev–Trinajstić information content (AvgIpc) is 2.84. The van der Waals surface area contributed by atoms with Gasteiger partial charge in [0.1, 0.15) is 16.9 Å². The number of fused-ring (bicyclic) bond motifs is 1. The molecule has 0 aromatic heterocycles. The lowest BCUT2D eigenvalue weighted by Gasteiger charge is -2.08. The van der Waals surface area contributed by atoms with E-state index in [4.69, 9.17) is 18.9 Å². The van der Waals surface area contributed by atoms with Gasteiger partial charge in [-0.05, 0) is 33.3 Å². The molecule has 0 saturated heterocycles. The minimum atomic E-state index is -0.588. The summed E-state index contributed by atoms with van der Waals surface area (Å²) in [6, 6.07) is 6.79. The number of rotatable bonds is 9. The van der Waals surface area contributed by atoms with E-state index in [2.05, 4.69) is 0 Å². The Morgan fingerprint density at radius 3 is 1.59 bits per heavy atom. The monoisotopic (exact) mass is 402 g/mol. The van der Waals surface area contributed by atoms with Crippen molar-refractivity contribution in [1.82, 2.24) is 0 Å². The predicted molar refractivity (Wildman–Crippen MR) is 106 cm³/mol. The molecule has 0 atom stereocenters. The van der Waals surface area contributed by atoms with Gasteiger partial charge in [0.05, 0.1) is 32.8 Å². The van der Waals surface area contributed by atoms with Crippen LogP contribution in [0, 0.1) is 0 Å². The van der Waals surface area contributed by atoms with Crippen molar-refractivity contribution in [3.8, 4) is 16.9 Å². The highest BCUT2D eigenvalue weighted by molar-refractivity contribution is 6.12. The molecular formula is C22H26O7. The summed E-state index contributed by atoms with van der Waals surface area (Å²) in [4.78, 5) is 37.2. The number of carbonyl (C=O) groups excluding carboxylic acids is 3. The van der Waals surface area contributed by atoms with Gasteiger partial charge in [0.25, 0.3) is 0 Å². The Bertz CT molecular complexity index is 801. The van der Waals surface area contributed by atoms with Crippen LogP contribution in [-0.2, 0) is 25.4 Å². The maximum absolute atomic E-state index is 12.7. The molecule has 2 rings (SSSR count). The summed E-state index contributed by atoms with van der Waals surface area (Å²) in [5.41, 5.74) is 2.01. The smallest absolute Gasteiger partial charge is 0.342 e. The maximum atomic E-state index is 12.7. The fraction of sp³-hybridized carbons (Fsp3) is 0.409. The van der Waals surface area contributed by atoms with Crippen LogP contribution < -0.4 is 4.74 Å². The summed E-state index contributed by atoms with van der Waals surface area (Å²) in [7, 11) is 0. The fourth-order valence-electron chi connectivity index (χ4n) is 3.02. The number of ether oxygens (including phenoxy) is 4. The second-order valence-corrected chi connectivity index (χ2v) is 6.00. The van der Waals surface area contributed by atoms with Crippen LogP contribution in [-0.4, -0.2) is 44.3 Å². The average molecular weight is 402 g/mol. The van der Waals surface area contributed by atoms with E-state index < -0.39 is 11.9 Å². The first-order valence-corrected chi connectivity index (χ1v) is 9.69. The second kappa shape index (κ2) is 10.5. The first kappa shape index (κ1) is 22.2. The molecule has 29 heavy (non-hydrogen) atoms. The molecule has 7 nitrogen and oxygen atoms in total. The van der Waals surface area contributed by atoms with E-state index in [0.29, 0.717) is 23.3 Å². The second-order valence-electron chi connectivity index (χ2n) is 6.00. The molecule has 156 valence electrons. The summed E-state index contributed by atoms with van der Waals surface area (Å²) in [5.74, 6) is -1.38. The van der Waals surface area contributed by atoms with Crippen LogP contribution in [0.4, 0.5) is 0 Å². The first-order chi connectivity index (χ1) is 14.0. The molecule has 0 amide bonds. The maximum Gasteiger partial charge on any atom is 0.342 e. The Balaban J connectivity index is 2.69. The van der Waals surface area contributed by atoms with Gasteiger partial charge in [-0.25, -0.2) is 9.59 Å². The zero-order valence-corrected chi connectivity index (χ0v) is 17.2. The first-order valence-electron chi connectivity index (χ1n) is 9.69. The van der Waals surface area contributed by atoms with E-state index in [-0.39, 0.29) is 49.1 Å². The molecule has 7 heteroatoms. The van der Waals surface area contributed by atoms with Crippen molar-refractivity contribution in [3.63, 3.8) is 0 Å². The molecule has 0 aliphatic heterocycles. The van der Waals surface area contributed by atoms with Gasteiger partial charge in [0, 0.05) is 11.1 Å². The molecule has 0 spiro atoms. The van der Waals surface area contributed by atoms with E-state index in [9.17, 15) is 14.4 Å². The van der Waals surface area contributed by atoms with Crippen LogP contribution >= 0.6 is 0 Å². The third-order valence-electron chi connectivity index (χ3n) is 4.11. The lowest BCUT2D eigenvalue weighted by atomic mass is 10.1. The van der Waals surface area contributed by atoms with Crippen molar-refractivity contribution in [2.24, 2.45) is 0 Å². The number of carbonyl (C=O) groups is 3. The lowest BCUT2D eigenvalue weighted by Crippen LogP contribution is -2.10. The molecule has 2 aliphatic carbocycles. The van der Waals surface area contributed by atoms with Gasteiger partial charge in [-0.2, -0.15) is 0 Å². The predicted octanol–water partition coefficient (Wildman–Crippen LogP) is 3.65. The minimum absolute atomic E-state index is 0.0763. The van der Waals surface area contributed by atoms with Crippen molar-refractivity contribution in [1.29, 1.82) is 0 Å². The van der Waals surface area contributed by atoms with Gasteiger partial charge in [0.2, 0.25) is 0 Å². The summed E-state index contributed by atoms with van der Waals surface area (Å²) in [5, 5.41) is 0. The van der Waals surface area contributed by atoms with Gasteiger partial charge in [-0.15, -0.1) is 0 Å². The largest absolute Gasteiger partial charge is 0.492 e. The lowest BCUT2D eigenvalue weighted by molar-refractivity contribution is -0.142. The fourth-order valence-corrected chi connectivity index (χ4v) is 3.02. The van der Waals surface area contributed by atoms with Crippen LogP contribution in [0.25, 0.3) is 11.1 Å². The van der Waals surface area contributed by atoms with Crippen LogP contribution in [0.1, 0.15) is 54.0 Å². The van der Waals surface area contributed by atoms with Crippen molar-refractivity contribution in [2.45, 2.75) is 34.1 Å². The van der Waals surface area contributed by atoms with Crippen LogP contribution in [0.15, 0.2) is 24.3 Å². The van der Waals surface area contributed by atoms with Crippen molar-refractivity contribution in [2.75, 3.05) is 26.4 Å². The van der Waals surface area contributed by atoms with E-state index in [1.54, 1.807) is 52.0 Å². The topological polar surface area (TPSA) is 88.1 Å². The van der Waals surface area contributed by atoms with Gasteiger partial charge in [-0.1, -0.05) is 24.3 Å². The highest BCUT2D eigenvalue weighted by atomic mass is 16.5. The van der Waals surface area contributed by atoms with Crippen LogP contribution in [0.2, 0.25) is 0 Å². The Labute approximate surface area is 170 Å². The molecule has 0 unspecified atom stereocenters.